The number of nitrogens with zero attached hydrogens (tertiary/aromatic N) is 2. The third kappa shape index (κ3) is 5.39. The fourth-order valence-corrected chi connectivity index (χ4v) is 4.51. The molecule has 25 heavy (non-hydrogen) atoms. The molecule has 2 fully saturated rings. The summed E-state index contributed by atoms with van der Waals surface area (Å²) in [6, 6.07) is -0.764. The maximum absolute atomic E-state index is 12.4. The standard InChI is InChI=1S/C16H29N3O5S/c1-13(17-25(3,22)23)15(21)18-8-5-16(6-9-18)11-14(20)19(12-16)7-4-10-24-2/h13,17H,4-12H2,1-3H3/t13-/m0/s1. The highest BCUT2D eigenvalue weighted by Gasteiger charge is 2.45. The number of sulfonamides is 1. The van der Waals surface area contributed by atoms with Gasteiger partial charge in [0.25, 0.3) is 0 Å². The van der Waals surface area contributed by atoms with Crippen LogP contribution in [-0.2, 0) is 24.3 Å². The van der Waals surface area contributed by atoms with Gasteiger partial charge in [0.15, 0.2) is 0 Å². The van der Waals surface area contributed by atoms with E-state index in [4.69, 9.17) is 4.74 Å². The summed E-state index contributed by atoms with van der Waals surface area (Å²) in [7, 11) is -1.76. The molecule has 2 rings (SSSR count). The van der Waals surface area contributed by atoms with Crippen molar-refractivity contribution in [2.24, 2.45) is 5.41 Å². The zero-order valence-electron chi connectivity index (χ0n) is 15.3. The van der Waals surface area contributed by atoms with Crippen molar-refractivity contribution in [1.29, 1.82) is 0 Å². The Hall–Kier alpha value is -1.19. The smallest absolute Gasteiger partial charge is 0.240 e. The minimum Gasteiger partial charge on any atom is -0.385 e. The minimum atomic E-state index is -3.41. The van der Waals surface area contributed by atoms with Crippen LogP contribution in [0.4, 0.5) is 0 Å². The molecule has 0 bridgehead atoms. The fourth-order valence-electron chi connectivity index (χ4n) is 3.77. The molecule has 0 unspecified atom stereocenters. The van der Waals surface area contributed by atoms with Gasteiger partial charge in [0.05, 0.1) is 12.3 Å². The zero-order valence-corrected chi connectivity index (χ0v) is 16.1. The van der Waals surface area contributed by atoms with Gasteiger partial charge in [0.1, 0.15) is 0 Å². The fraction of sp³-hybridized carbons (Fsp3) is 0.875. The van der Waals surface area contributed by atoms with Gasteiger partial charge in [-0.25, -0.2) is 13.1 Å². The van der Waals surface area contributed by atoms with Crippen LogP contribution in [0.25, 0.3) is 0 Å². The van der Waals surface area contributed by atoms with Crippen molar-refractivity contribution in [3.8, 4) is 0 Å². The number of nitrogens with one attached hydrogen (secondary N) is 1. The number of methoxy groups -OCH3 is 1. The first-order valence-corrected chi connectivity index (χ1v) is 10.6. The molecule has 2 saturated heterocycles. The lowest BCUT2D eigenvalue weighted by atomic mass is 9.77. The number of likely N-dealkylation sites (tertiary alicyclic amines) is 2. The van der Waals surface area contributed by atoms with Gasteiger partial charge in [-0.2, -0.15) is 0 Å². The summed E-state index contributed by atoms with van der Waals surface area (Å²) in [5, 5.41) is 0. The maximum Gasteiger partial charge on any atom is 0.240 e. The van der Waals surface area contributed by atoms with E-state index in [2.05, 4.69) is 4.72 Å². The largest absolute Gasteiger partial charge is 0.385 e. The number of carbonyl (C=O) groups is 2. The molecule has 0 aromatic carbocycles. The van der Waals surface area contributed by atoms with E-state index in [0.29, 0.717) is 32.7 Å². The van der Waals surface area contributed by atoms with Crippen molar-refractivity contribution >= 4 is 21.8 Å². The Morgan fingerprint density at radius 3 is 2.56 bits per heavy atom. The number of hydrogen-bond acceptors (Lipinski definition) is 5. The number of amides is 2. The van der Waals surface area contributed by atoms with Crippen molar-refractivity contribution in [1.82, 2.24) is 14.5 Å². The average molecular weight is 375 g/mol. The normalized spacial score (nSPS) is 21.8. The number of rotatable bonds is 7. The molecule has 2 aliphatic heterocycles. The Kier molecular flexibility index (Phi) is 6.45. The van der Waals surface area contributed by atoms with Crippen LogP contribution in [0.15, 0.2) is 0 Å². The number of hydrogen-bond donors (Lipinski definition) is 1. The van der Waals surface area contributed by atoms with Gasteiger partial charge in [-0.3, -0.25) is 9.59 Å². The summed E-state index contributed by atoms with van der Waals surface area (Å²) in [6.07, 6.45) is 3.97. The molecule has 2 heterocycles. The van der Waals surface area contributed by atoms with Crippen LogP contribution < -0.4 is 4.72 Å². The van der Waals surface area contributed by atoms with Crippen LogP contribution in [-0.4, -0.2) is 82.2 Å². The van der Waals surface area contributed by atoms with E-state index >= 15 is 0 Å². The van der Waals surface area contributed by atoms with Crippen LogP contribution in [0.1, 0.15) is 32.6 Å². The van der Waals surface area contributed by atoms with E-state index in [1.807, 2.05) is 4.90 Å². The first-order valence-electron chi connectivity index (χ1n) is 8.69. The van der Waals surface area contributed by atoms with Gasteiger partial charge < -0.3 is 14.5 Å². The molecule has 0 aromatic heterocycles. The van der Waals surface area contributed by atoms with Gasteiger partial charge in [-0.1, -0.05) is 0 Å². The highest BCUT2D eigenvalue weighted by molar-refractivity contribution is 7.88. The third-order valence-corrected chi connectivity index (χ3v) is 5.86. The van der Waals surface area contributed by atoms with Crippen LogP contribution in [0.2, 0.25) is 0 Å². The second-order valence-electron chi connectivity index (χ2n) is 7.28. The van der Waals surface area contributed by atoms with Gasteiger partial charge in [0, 0.05) is 51.7 Å². The predicted molar refractivity (Wildman–Crippen MR) is 93.4 cm³/mol. The van der Waals surface area contributed by atoms with Gasteiger partial charge in [-0.05, 0) is 26.2 Å². The first-order chi connectivity index (χ1) is 11.7. The predicted octanol–water partition coefficient (Wildman–Crippen LogP) is -0.198. The van der Waals surface area contributed by atoms with Gasteiger partial charge >= 0.3 is 0 Å². The molecule has 1 atom stereocenters. The van der Waals surface area contributed by atoms with Crippen LogP contribution in [0.3, 0.4) is 0 Å². The number of piperidine rings is 1. The molecule has 0 radical (unpaired) electrons. The average Bonchev–Trinajstić information content (AvgIpc) is 2.82. The van der Waals surface area contributed by atoms with Crippen LogP contribution in [0, 0.1) is 5.41 Å². The lowest BCUT2D eigenvalue weighted by Crippen LogP contribution is -2.51. The Labute approximate surface area is 149 Å². The van der Waals surface area contributed by atoms with Crippen molar-refractivity contribution < 1.29 is 22.7 Å². The number of carbonyl (C=O) groups excluding carboxylic acids is 2. The molecule has 8 nitrogen and oxygen atoms in total. The molecule has 0 aliphatic carbocycles. The quantitative estimate of drug-likeness (QED) is 0.622. The Bertz CT molecular complexity index is 599. The molecule has 0 aromatic rings. The lowest BCUT2D eigenvalue weighted by molar-refractivity contribution is -0.134. The first kappa shape index (κ1) is 20.1. The van der Waals surface area contributed by atoms with Crippen molar-refractivity contribution in [2.45, 2.75) is 38.6 Å². The van der Waals surface area contributed by atoms with E-state index in [0.717, 1.165) is 32.1 Å². The molecular formula is C16H29N3O5S. The summed E-state index contributed by atoms with van der Waals surface area (Å²) in [5.41, 5.74) is -0.0472. The maximum atomic E-state index is 12.4. The van der Waals surface area contributed by atoms with Crippen molar-refractivity contribution in [2.75, 3.05) is 46.2 Å². The highest BCUT2D eigenvalue weighted by Crippen LogP contribution is 2.41. The SMILES string of the molecule is COCCCN1CC2(CCN(C(=O)[C@H](C)NS(C)(=O)=O)CC2)CC1=O. The molecule has 0 saturated carbocycles. The monoisotopic (exact) mass is 375 g/mol. The second-order valence-corrected chi connectivity index (χ2v) is 9.06. The number of ether oxygens (including phenoxy) is 1. The zero-order chi connectivity index (χ0) is 18.7. The van der Waals surface area contributed by atoms with E-state index in [9.17, 15) is 18.0 Å². The highest BCUT2D eigenvalue weighted by atomic mass is 32.2. The topological polar surface area (TPSA) is 96.0 Å². The van der Waals surface area contributed by atoms with E-state index in [1.165, 1.54) is 0 Å². The van der Waals surface area contributed by atoms with E-state index < -0.39 is 16.1 Å². The Morgan fingerprint density at radius 1 is 1.36 bits per heavy atom. The van der Waals surface area contributed by atoms with Gasteiger partial charge in [-0.15, -0.1) is 0 Å². The second kappa shape index (κ2) is 8.01. The lowest BCUT2D eigenvalue weighted by Gasteiger charge is -2.39. The summed E-state index contributed by atoms with van der Waals surface area (Å²) in [6.45, 7) is 4.79. The van der Waals surface area contributed by atoms with Crippen LogP contribution in [0.5, 0.6) is 0 Å². The summed E-state index contributed by atoms with van der Waals surface area (Å²) < 4.78 is 29.9. The Balaban J connectivity index is 1.87. The molecule has 9 heteroatoms. The molecule has 2 aliphatic rings. The van der Waals surface area contributed by atoms with Gasteiger partial charge in [0.2, 0.25) is 21.8 Å². The molecule has 1 spiro atoms. The molecule has 144 valence electrons. The Morgan fingerprint density at radius 2 is 2.00 bits per heavy atom. The molecule has 1 N–H and O–H groups in total. The summed E-state index contributed by atoms with van der Waals surface area (Å²) >= 11 is 0. The van der Waals surface area contributed by atoms with Crippen LogP contribution >= 0.6 is 0 Å². The van der Waals surface area contributed by atoms with Crippen molar-refractivity contribution in [3.05, 3.63) is 0 Å². The molecule has 2 amide bonds. The summed E-state index contributed by atoms with van der Waals surface area (Å²) in [4.78, 5) is 28.2. The molecular weight excluding hydrogens is 346 g/mol. The summed E-state index contributed by atoms with van der Waals surface area (Å²) in [5.74, 6) is -0.0236. The van der Waals surface area contributed by atoms with E-state index in [1.54, 1.807) is 18.9 Å². The van der Waals surface area contributed by atoms with Crippen molar-refractivity contribution in [3.63, 3.8) is 0 Å². The van der Waals surface area contributed by atoms with E-state index in [-0.39, 0.29) is 17.2 Å². The third-order valence-electron chi connectivity index (χ3n) is 5.08. The minimum absolute atomic E-state index is 0.0472.